The van der Waals surface area contributed by atoms with E-state index in [0.29, 0.717) is 12.4 Å². The maximum Gasteiger partial charge on any atom is 0.407 e. The number of carbonyl (C=O) groups is 1. The molecule has 0 bridgehead atoms. The van der Waals surface area contributed by atoms with Gasteiger partial charge >= 0.3 is 6.09 Å². The molecule has 1 amide bonds. The number of ether oxygens (including phenoxy) is 2. The zero-order valence-corrected chi connectivity index (χ0v) is 15.8. The van der Waals surface area contributed by atoms with Crippen molar-refractivity contribution >= 4 is 22.8 Å². The molecular weight excluding hydrogens is 332 g/mol. The van der Waals surface area contributed by atoms with Gasteiger partial charge in [0.15, 0.2) is 0 Å². The summed E-state index contributed by atoms with van der Waals surface area (Å²) in [6, 6.07) is 5.71. The Morgan fingerprint density at radius 3 is 2.85 bits per heavy atom. The predicted molar refractivity (Wildman–Crippen MR) is 101 cm³/mol. The molecule has 7 heteroatoms. The summed E-state index contributed by atoms with van der Waals surface area (Å²) < 4.78 is 10.6. The number of methoxy groups -OCH3 is 1. The summed E-state index contributed by atoms with van der Waals surface area (Å²) in [5, 5.41) is 2.98. The Balaban J connectivity index is 1.77. The zero-order valence-electron chi connectivity index (χ0n) is 15.8. The largest absolute Gasteiger partial charge is 0.481 e. The number of alkyl carbamates (subject to hydrolysis) is 1. The Hall–Kier alpha value is -2.57. The van der Waals surface area contributed by atoms with Crippen molar-refractivity contribution in [3.8, 4) is 5.88 Å². The lowest BCUT2D eigenvalue weighted by molar-refractivity contribution is 0.0500. The molecular formula is C19H26N4O3. The Morgan fingerprint density at radius 1 is 1.31 bits per heavy atom. The quantitative estimate of drug-likeness (QED) is 0.908. The number of carbonyl (C=O) groups excluding carboxylic acids is 1. The first-order valence-electron chi connectivity index (χ1n) is 8.90. The van der Waals surface area contributed by atoms with Crippen molar-refractivity contribution in [2.75, 3.05) is 25.1 Å². The smallest absolute Gasteiger partial charge is 0.407 e. The van der Waals surface area contributed by atoms with Gasteiger partial charge in [-0.2, -0.15) is 0 Å². The van der Waals surface area contributed by atoms with Crippen LogP contribution in [0, 0.1) is 0 Å². The summed E-state index contributed by atoms with van der Waals surface area (Å²) in [4.78, 5) is 23.3. The van der Waals surface area contributed by atoms with Gasteiger partial charge in [-0.1, -0.05) is 0 Å². The second-order valence-electron chi connectivity index (χ2n) is 7.48. The minimum absolute atomic E-state index is 0.0347. The zero-order chi connectivity index (χ0) is 18.7. The first kappa shape index (κ1) is 18.2. The van der Waals surface area contributed by atoms with E-state index in [1.807, 2.05) is 39.0 Å². The van der Waals surface area contributed by atoms with Crippen molar-refractivity contribution < 1.29 is 14.3 Å². The fraction of sp³-hybridized carbons (Fsp3) is 0.526. The van der Waals surface area contributed by atoms with Gasteiger partial charge in [-0.15, -0.1) is 0 Å². The van der Waals surface area contributed by atoms with Gasteiger partial charge in [0.25, 0.3) is 0 Å². The van der Waals surface area contributed by atoms with Crippen LogP contribution in [0.15, 0.2) is 24.4 Å². The number of pyridine rings is 2. The molecule has 7 nitrogen and oxygen atoms in total. The Bertz CT molecular complexity index is 788. The monoisotopic (exact) mass is 358 g/mol. The second kappa shape index (κ2) is 7.35. The number of nitrogens with zero attached hydrogens (tertiary/aromatic N) is 3. The fourth-order valence-corrected chi connectivity index (χ4v) is 3.15. The Morgan fingerprint density at radius 2 is 2.12 bits per heavy atom. The average Bonchev–Trinajstić information content (AvgIpc) is 2.59. The molecule has 1 N–H and O–H groups in total. The number of piperidine rings is 1. The van der Waals surface area contributed by atoms with Gasteiger partial charge < -0.3 is 19.7 Å². The van der Waals surface area contributed by atoms with Crippen LogP contribution in [-0.2, 0) is 4.74 Å². The molecule has 0 aliphatic carbocycles. The van der Waals surface area contributed by atoms with Gasteiger partial charge in [0.05, 0.1) is 18.3 Å². The van der Waals surface area contributed by atoms with Crippen LogP contribution in [0.25, 0.3) is 11.0 Å². The van der Waals surface area contributed by atoms with E-state index in [-0.39, 0.29) is 12.1 Å². The second-order valence-corrected chi connectivity index (χ2v) is 7.48. The number of aromatic nitrogens is 2. The normalized spacial score (nSPS) is 17.8. The van der Waals surface area contributed by atoms with E-state index in [1.54, 1.807) is 13.3 Å². The number of hydrogen-bond donors (Lipinski definition) is 1. The number of rotatable bonds is 3. The van der Waals surface area contributed by atoms with E-state index in [1.165, 1.54) is 0 Å². The van der Waals surface area contributed by atoms with Crippen LogP contribution < -0.4 is 15.0 Å². The van der Waals surface area contributed by atoms with Crippen LogP contribution in [0.1, 0.15) is 33.6 Å². The minimum atomic E-state index is -0.500. The maximum absolute atomic E-state index is 12.1. The van der Waals surface area contributed by atoms with Crippen molar-refractivity contribution in [1.29, 1.82) is 0 Å². The molecule has 2 aromatic heterocycles. The van der Waals surface area contributed by atoms with Crippen molar-refractivity contribution in [2.45, 2.75) is 45.3 Å². The highest BCUT2D eigenvalue weighted by molar-refractivity contribution is 5.88. The van der Waals surface area contributed by atoms with E-state index >= 15 is 0 Å². The summed E-state index contributed by atoms with van der Waals surface area (Å²) in [7, 11) is 1.60. The molecule has 1 atom stereocenters. The van der Waals surface area contributed by atoms with Crippen molar-refractivity contribution in [2.24, 2.45) is 0 Å². The van der Waals surface area contributed by atoms with Gasteiger partial charge in [-0.05, 0) is 45.7 Å². The number of anilines is 1. The van der Waals surface area contributed by atoms with Crippen LogP contribution in [0.5, 0.6) is 5.88 Å². The molecule has 0 saturated carbocycles. The van der Waals surface area contributed by atoms with Crippen molar-refractivity contribution in [3.63, 3.8) is 0 Å². The van der Waals surface area contributed by atoms with E-state index in [2.05, 4.69) is 20.2 Å². The first-order chi connectivity index (χ1) is 12.4. The van der Waals surface area contributed by atoms with Gasteiger partial charge in [0.2, 0.25) is 5.88 Å². The van der Waals surface area contributed by atoms with Crippen molar-refractivity contribution in [3.05, 3.63) is 24.4 Å². The van der Waals surface area contributed by atoms with E-state index < -0.39 is 5.60 Å². The van der Waals surface area contributed by atoms with Gasteiger partial charge in [-0.3, -0.25) is 4.98 Å². The van der Waals surface area contributed by atoms with Crippen LogP contribution in [0.2, 0.25) is 0 Å². The highest BCUT2D eigenvalue weighted by Gasteiger charge is 2.25. The lowest BCUT2D eigenvalue weighted by atomic mass is 10.0. The molecule has 1 aliphatic rings. The molecule has 0 radical (unpaired) electrons. The maximum atomic E-state index is 12.1. The van der Waals surface area contributed by atoms with Gasteiger partial charge in [-0.25, -0.2) is 9.78 Å². The molecule has 0 spiro atoms. The van der Waals surface area contributed by atoms with E-state index in [9.17, 15) is 4.79 Å². The van der Waals surface area contributed by atoms with Crippen LogP contribution >= 0.6 is 0 Å². The lowest BCUT2D eigenvalue weighted by Gasteiger charge is -2.35. The molecule has 3 heterocycles. The molecule has 3 rings (SSSR count). The topological polar surface area (TPSA) is 76.6 Å². The Labute approximate surface area is 153 Å². The van der Waals surface area contributed by atoms with Gasteiger partial charge in [0.1, 0.15) is 11.1 Å². The summed E-state index contributed by atoms with van der Waals surface area (Å²) >= 11 is 0. The molecule has 0 aromatic carbocycles. The summed E-state index contributed by atoms with van der Waals surface area (Å²) in [5.74, 6) is 0.562. The van der Waals surface area contributed by atoms with E-state index in [4.69, 9.17) is 9.47 Å². The SMILES string of the molecule is COc1ccc2nccc(N3CCC[C@@H](NC(=O)OC(C)(C)C)C3)c2n1. The highest BCUT2D eigenvalue weighted by atomic mass is 16.6. The Kier molecular flexibility index (Phi) is 5.15. The lowest BCUT2D eigenvalue weighted by Crippen LogP contribution is -2.49. The summed E-state index contributed by atoms with van der Waals surface area (Å²) in [5.41, 5.74) is 2.14. The highest BCUT2D eigenvalue weighted by Crippen LogP contribution is 2.28. The third kappa shape index (κ3) is 4.33. The van der Waals surface area contributed by atoms with Crippen LogP contribution in [0.3, 0.4) is 0 Å². The third-order valence-electron chi connectivity index (χ3n) is 4.23. The summed E-state index contributed by atoms with van der Waals surface area (Å²) in [6.45, 7) is 7.20. The minimum Gasteiger partial charge on any atom is -0.481 e. The third-order valence-corrected chi connectivity index (χ3v) is 4.23. The molecule has 1 saturated heterocycles. The number of amides is 1. The fourth-order valence-electron chi connectivity index (χ4n) is 3.15. The predicted octanol–water partition coefficient (Wildman–Crippen LogP) is 3.13. The van der Waals surface area contributed by atoms with Crippen LogP contribution in [0.4, 0.5) is 10.5 Å². The van der Waals surface area contributed by atoms with Crippen LogP contribution in [-0.4, -0.2) is 47.9 Å². The van der Waals surface area contributed by atoms with Gasteiger partial charge in [0, 0.05) is 31.4 Å². The molecule has 26 heavy (non-hydrogen) atoms. The average molecular weight is 358 g/mol. The molecule has 0 unspecified atom stereocenters. The standard InChI is InChI=1S/C19H26N4O3/c1-19(2,3)26-18(24)21-13-6-5-11-23(12-13)15-9-10-20-14-7-8-16(25-4)22-17(14)15/h7-10,13H,5-6,11-12H2,1-4H3,(H,21,24)/t13-/m1/s1. The van der Waals surface area contributed by atoms with E-state index in [0.717, 1.165) is 36.1 Å². The van der Waals surface area contributed by atoms with Crippen molar-refractivity contribution in [1.82, 2.24) is 15.3 Å². The number of nitrogens with one attached hydrogen (secondary N) is 1. The molecule has 1 fully saturated rings. The molecule has 2 aromatic rings. The molecule has 140 valence electrons. The molecule has 1 aliphatic heterocycles. The summed E-state index contributed by atoms with van der Waals surface area (Å²) in [6.07, 6.45) is 3.32. The first-order valence-corrected chi connectivity index (χ1v) is 8.90. The number of hydrogen-bond acceptors (Lipinski definition) is 6. The number of fused-ring (bicyclic) bond motifs is 1.